The zero-order chi connectivity index (χ0) is 12.4. The summed E-state index contributed by atoms with van der Waals surface area (Å²) in [5.41, 5.74) is 2.04. The largest absolute Gasteiger partial charge is 0.504 e. The molecule has 0 spiro atoms. The highest BCUT2D eigenvalue weighted by Crippen LogP contribution is 2.36. The third-order valence-electron chi connectivity index (χ3n) is 3.60. The summed E-state index contributed by atoms with van der Waals surface area (Å²) in [6, 6.07) is 3.95. The fraction of sp³-hybridized carbons (Fsp3) is 0.538. The Balaban J connectivity index is 2.17. The SMILES string of the molecule is CN(CCCl)[C@@H]1CCc2c(ccc(O)c2O)C1. The molecule has 0 heterocycles. The van der Waals surface area contributed by atoms with Gasteiger partial charge < -0.3 is 15.1 Å². The Morgan fingerprint density at radius 2 is 2.18 bits per heavy atom. The lowest BCUT2D eigenvalue weighted by Crippen LogP contribution is -2.37. The van der Waals surface area contributed by atoms with Gasteiger partial charge in [0, 0.05) is 24.0 Å². The van der Waals surface area contributed by atoms with Crippen LogP contribution in [0.25, 0.3) is 0 Å². The number of benzene rings is 1. The first-order valence-corrected chi connectivity index (χ1v) is 6.45. The molecule has 1 aliphatic carbocycles. The van der Waals surface area contributed by atoms with Crippen molar-refractivity contribution >= 4 is 11.6 Å². The van der Waals surface area contributed by atoms with Crippen LogP contribution < -0.4 is 0 Å². The van der Waals surface area contributed by atoms with Crippen LogP contribution in [-0.2, 0) is 12.8 Å². The van der Waals surface area contributed by atoms with Crippen molar-refractivity contribution in [2.24, 2.45) is 0 Å². The van der Waals surface area contributed by atoms with Crippen molar-refractivity contribution in [3.05, 3.63) is 23.3 Å². The van der Waals surface area contributed by atoms with Crippen LogP contribution in [0.3, 0.4) is 0 Å². The van der Waals surface area contributed by atoms with E-state index in [1.807, 2.05) is 6.07 Å². The second kappa shape index (κ2) is 5.15. The molecular weight excluding hydrogens is 238 g/mol. The molecule has 0 aliphatic heterocycles. The van der Waals surface area contributed by atoms with Gasteiger partial charge in [0.2, 0.25) is 0 Å². The van der Waals surface area contributed by atoms with Gasteiger partial charge in [0.15, 0.2) is 11.5 Å². The van der Waals surface area contributed by atoms with Gasteiger partial charge in [-0.3, -0.25) is 0 Å². The van der Waals surface area contributed by atoms with Gasteiger partial charge in [-0.25, -0.2) is 0 Å². The molecule has 1 aromatic carbocycles. The third kappa shape index (κ3) is 2.50. The number of phenolic OH excluding ortho intramolecular Hbond substituents is 2. The first-order chi connectivity index (χ1) is 8.13. The quantitative estimate of drug-likeness (QED) is 0.642. The van der Waals surface area contributed by atoms with Gasteiger partial charge >= 0.3 is 0 Å². The fourth-order valence-corrected chi connectivity index (χ4v) is 2.76. The maximum absolute atomic E-state index is 9.79. The van der Waals surface area contributed by atoms with Gasteiger partial charge in [-0.1, -0.05) is 6.07 Å². The molecule has 2 N–H and O–H groups in total. The summed E-state index contributed by atoms with van der Waals surface area (Å²) in [4.78, 5) is 2.26. The Morgan fingerprint density at radius 3 is 2.88 bits per heavy atom. The van der Waals surface area contributed by atoms with Gasteiger partial charge in [-0.2, -0.15) is 0 Å². The number of rotatable bonds is 3. The Kier molecular flexibility index (Phi) is 3.79. The number of hydrogen-bond acceptors (Lipinski definition) is 3. The summed E-state index contributed by atoms with van der Waals surface area (Å²) < 4.78 is 0. The van der Waals surface area contributed by atoms with Crippen molar-refractivity contribution in [2.75, 3.05) is 19.5 Å². The van der Waals surface area contributed by atoms with E-state index in [0.29, 0.717) is 11.9 Å². The van der Waals surface area contributed by atoms with Crippen molar-refractivity contribution in [3.63, 3.8) is 0 Å². The Hall–Kier alpha value is -0.930. The zero-order valence-corrected chi connectivity index (χ0v) is 10.7. The zero-order valence-electron chi connectivity index (χ0n) is 9.99. The predicted octanol–water partition coefficient (Wildman–Crippen LogP) is 2.13. The van der Waals surface area contributed by atoms with Crippen molar-refractivity contribution < 1.29 is 10.2 Å². The molecule has 0 aromatic heterocycles. The number of halogens is 1. The van der Waals surface area contributed by atoms with Crippen molar-refractivity contribution in [1.82, 2.24) is 4.90 Å². The Bertz CT molecular complexity index is 409. The Labute approximate surface area is 107 Å². The third-order valence-corrected chi connectivity index (χ3v) is 3.77. The molecule has 0 saturated heterocycles. The van der Waals surface area contributed by atoms with Crippen LogP contribution in [0.1, 0.15) is 17.5 Å². The lowest BCUT2D eigenvalue weighted by Gasteiger charge is -2.32. The predicted molar refractivity (Wildman–Crippen MR) is 68.9 cm³/mol. The van der Waals surface area contributed by atoms with Crippen LogP contribution in [0, 0.1) is 0 Å². The smallest absolute Gasteiger partial charge is 0.160 e. The van der Waals surface area contributed by atoms with Crippen molar-refractivity contribution in [3.8, 4) is 11.5 Å². The molecular formula is C13H18ClNO2. The Morgan fingerprint density at radius 1 is 1.41 bits per heavy atom. The van der Waals surface area contributed by atoms with Crippen LogP contribution in [0.2, 0.25) is 0 Å². The molecule has 4 heteroatoms. The highest BCUT2D eigenvalue weighted by molar-refractivity contribution is 6.18. The molecule has 2 rings (SSSR count). The topological polar surface area (TPSA) is 43.7 Å². The molecule has 17 heavy (non-hydrogen) atoms. The number of fused-ring (bicyclic) bond motifs is 1. The molecule has 0 radical (unpaired) electrons. The first kappa shape index (κ1) is 12.5. The molecule has 0 saturated carbocycles. The van der Waals surface area contributed by atoms with Crippen LogP contribution in [-0.4, -0.2) is 40.6 Å². The highest BCUT2D eigenvalue weighted by atomic mass is 35.5. The lowest BCUT2D eigenvalue weighted by atomic mass is 9.87. The van der Waals surface area contributed by atoms with E-state index < -0.39 is 0 Å². The molecule has 1 aliphatic rings. The minimum atomic E-state index is -0.0173. The maximum Gasteiger partial charge on any atom is 0.160 e. The highest BCUT2D eigenvalue weighted by Gasteiger charge is 2.24. The second-order valence-corrected chi connectivity index (χ2v) is 5.02. The molecule has 94 valence electrons. The van der Waals surface area contributed by atoms with Gasteiger partial charge in [-0.05, 0) is 37.9 Å². The number of aromatic hydroxyl groups is 2. The summed E-state index contributed by atoms with van der Waals surface area (Å²) in [6.45, 7) is 0.881. The van der Waals surface area contributed by atoms with Crippen molar-refractivity contribution in [1.29, 1.82) is 0 Å². The van der Waals surface area contributed by atoms with E-state index in [1.54, 1.807) is 6.07 Å². The summed E-state index contributed by atoms with van der Waals surface area (Å²) in [5.74, 6) is 0.679. The van der Waals surface area contributed by atoms with Gasteiger partial charge in [0.05, 0.1) is 0 Å². The van der Waals surface area contributed by atoms with Crippen LogP contribution in [0.5, 0.6) is 11.5 Å². The van der Waals surface area contributed by atoms with Crippen molar-refractivity contribution in [2.45, 2.75) is 25.3 Å². The maximum atomic E-state index is 9.79. The molecule has 0 unspecified atom stereocenters. The lowest BCUT2D eigenvalue weighted by molar-refractivity contribution is 0.232. The van der Waals surface area contributed by atoms with Crippen LogP contribution in [0.15, 0.2) is 12.1 Å². The van der Waals surface area contributed by atoms with Gasteiger partial charge in [0.1, 0.15) is 0 Å². The van der Waals surface area contributed by atoms with E-state index in [2.05, 4.69) is 11.9 Å². The number of alkyl halides is 1. The van der Waals surface area contributed by atoms with E-state index in [9.17, 15) is 10.2 Å². The average molecular weight is 256 g/mol. The van der Waals surface area contributed by atoms with E-state index in [0.717, 1.165) is 36.9 Å². The average Bonchev–Trinajstić information content (AvgIpc) is 2.34. The standard InChI is InChI=1S/C13H18ClNO2/c1-15(7-6-14)10-3-4-11-9(8-10)2-5-12(16)13(11)17/h2,5,10,16-17H,3-4,6-8H2,1H3/t10-/m1/s1. The number of phenols is 2. The van der Waals surface area contributed by atoms with E-state index in [-0.39, 0.29) is 11.5 Å². The van der Waals surface area contributed by atoms with Crippen LogP contribution >= 0.6 is 11.6 Å². The molecule has 0 fully saturated rings. The monoisotopic (exact) mass is 255 g/mol. The van der Waals surface area contributed by atoms with Crippen LogP contribution in [0.4, 0.5) is 0 Å². The minimum Gasteiger partial charge on any atom is -0.504 e. The molecule has 0 bridgehead atoms. The number of likely N-dealkylation sites (N-methyl/N-ethyl adjacent to an activating group) is 1. The van der Waals surface area contributed by atoms with Gasteiger partial charge in [0.25, 0.3) is 0 Å². The fourth-order valence-electron chi connectivity index (χ4n) is 2.49. The molecule has 3 nitrogen and oxygen atoms in total. The summed E-state index contributed by atoms with van der Waals surface area (Å²) in [7, 11) is 2.08. The van der Waals surface area contributed by atoms with E-state index >= 15 is 0 Å². The first-order valence-electron chi connectivity index (χ1n) is 5.92. The number of nitrogens with zero attached hydrogens (tertiary/aromatic N) is 1. The minimum absolute atomic E-state index is 0.0173. The van der Waals surface area contributed by atoms with Gasteiger partial charge in [-0.15, -0.1) is 11.6 Å². The number of hydrogen-bond donors (Lipinski definition) is 2. The van der Waals surface area contributed by atoms with E-state index in [1.165, 1.54) is 0 Å². The molecule has 0 amide bonds. The molecule has 1 aromatic rings. The summed E-state index contributed by atoms with van der Waals surface area (Å²) in [6.07, 6.45) is 2.72. The normalized spacial score (nSPS) is 19.4. The summed E-state index contributed by atoms with van der Waals surface area (Å²) >= 11 is 5.75. The van der Waals surface area contributed by atoms with E-state index in [4.69, 9.17) is 11.6 Å². The molecule has 1 atom stereocenters. The summed E-state index contributed by atoms with van der Waals surface area (Å²) in [5, 5.41) is 19.2. The second-order valence-electron chi connectivity index (χ2n) is 4.64.